The molecule has 2 N–H and O–H groups in total. The maximum Gasteiger partial charge on any atom is 0.416 e. The van der Waals surface area contributed by atoms with E-state index < -0.39 is 35.2 Å². The van der Waals surface area contributed by atoms with Crippen LogP contribution in [0.1, 0.15) is 16.7 Å². The number of anilines is 2. The molecule has 0 aliphatic carbocycles. The maximum atomic E-state index is 12.8. The molecule has 2 rings (SSSR count). The molecule has 0 aromatic heterocycles. The van der Waals surface area contributed by atoms with Gasteiger partial charge in [-0.3, -0.25) is 0 Å². The van der Waals surface area contributed by atoms with Crippen LogP contribution in [0.3, 0.4) is 0 Å². The van der Waals surface area contributed by atoms with E-state index in [1.54, 1.807) is 24.3 Å². The molecule has 26 heavy (non-hydrogen) atoms. The molecule has 2 aromatic carbocycles. The van der Waals surface area contributed by atoms with Crippen LogP contribution in [0.4, 0.5) is 42.5 Å². The summed E-state index contributed by atoms with van der Waals surface area (Å²) in [5.41, 5.74) is -2.29. The van der Waals surface area contributed by atoms with Crippen molar-refractivity contribution in [2.75, 3.05) is 10.6 Å². The predicted molar refractivity (Wildman–Crippen MR) is 93.3 cm³/mol. The molecule has 0 aliphatic heterocycles. The van der Waals surface area contributed by atoms with Crippen LogP contribution in [0.25, 0.3) is 0 Å². The number of urea groups is 1. The molecule has 2 aromatic rings. The van der Waals surface area contributed by atoms with Crippen LogP contribution >= 0.6 is 22.6 Å². The lowest BCUT2D eigenvalue weighted by Crippen LogP contribution is -2.20. The minimum Gasteiger partial charge on any atom is -0.308 e. The zero-order valence-electron chi connectivity index (χ0n) is 12.8. The normalized spacial score (nSPS) is 12.0. The van der Waals surface area contributed by atoms with Crippen LogP contribution in [0, 0.1) is 0 Å². The Hall–Kier alpha value is -1.98. The van der Waals surface area contributed by atoms with Gasteiger partial charge in [0, 0.05) is 15.8 Å². The Morgan fingerprint density at radius 3 is 1.69 bits per heavy atom. The molecule has 0 heterocycles. The minimum absolute atomic E-state index is 0.00809. The summed E-state index contributed by atoms with van der Waals surface area (Å²) in [5, 5.41) is 4.34. The average molecular weight is 488 g/mol. The predicted octanol–water partition coefficient (Wildman–Crippen LogP) is 6.30. The molecule has 0 spiro atoms. The third-order valence-electron chi connectivity index (χ3n) is 3.21. The van der Waals surface area contributed by atoms with Crippen molar-refractivity contribution >= 4 is 40.0 Å². The van der Waals surface area contributed by atoms with Gasteiger partial charge < -0.3 is 10.6 Å². The van der Waals surface area contributed by atoms with E-state index in [-0.39, 0.29) is 6.07 Å². The fraction of sp³-hybridized carbons (Fsp3) is 0.188. The summed E-state index contributed by atoms with van der Waals surface area (Å²) < 4.78 is 77.5. The van der Waals surface area contributed by atoms with Gasteiger partial charge in [-0.25, -0.2) is 4.79 Å². The number of alkyl halides is 7. The summed E-state index contributed by atoms with van der Waals surface area (Å²) >= 11 is 2.14. The van der Waals surface area contributed by atoms with Crippen molar-refractivity contribution in [2.45, 2.75) is 16.8 Å². The van der Waals surface area contributed by atoms with Gasteiger partial charge in [0.05, 0.1) is 11.1 Å². The van der Waals surface area contributed by atoms with Crippen LogP contribution in [-0.2, 0) is 16.8 Å². The van der Waals surface area contributed by atoms with Gasteiger partial charge in [0.2, 0.25) is 0 Å². The smallest absolute Gasteiger partial charge is 0.308 e. The van der Waals surface area contributed by atoms with Crippen molar-refractivity contribution in [3.63, 3.8) is 0 Å². The first-order chi connectivity index (χ1) is 12.0. The van der Waals surface area contributed by atoms with E-state index in [2.05, 4.69) is 27.9 Å². The van der Waals surface area contributed by atoms with E-state index in [9.17, 15) is 31.1 Å². The van der Waals surface area contributed by atoms with E-state index >= 15 is 0 Å². The standard InChI is InChI=1S/C16H11F6IN2O/c17-15(18,19)10-5-11(16(20,21)22)7-13(6-10)25-14(26)24-12-3-1-9(8-23)2-4-12/h1-7H,8H2,(H2,24,25,26). The van der Waals surface area contributed by atoms with Gasteiger partial charge in [-0.2, -0.15) is 26.3 Å². The number of carbonyl (C=O) groups excluding carboxylic acids is 1. The third kappa shape index (κ3) is 5.51. The monoisotopic (exact) mass is 488 g/mol. The van der Waals surface area contributed by atoms with E-state index in [1.165, 1.54) is 0 Å². The highest BCUT2D eigenvalue weighted by Crippen LogP contribution is 2.37. The SMILES string of the molecule is O=C(Nc1ccc(CI)cc1)Nc1cc(C(F)(F)F)cc(C(F)(F)F)c1. The summed E-state index contributed by atoms with van der Waals surface area (Å²) in [6.45, 7) is 0. The van der Waals surface area contributed by atoms with Gasteiger partial charge in [0.25, 0.3) is 0 Å². The lowest BCUT2D eigenvalue weighted by molar-refractivity contribution is -0.143. The Morgan fingerprint density at radius 2 is 1.27 bits per heavy atom. The highest BCUT2D eigenvalue weighted by molar-refractivity contribution is 14.1. The Kier molecular flexibility index (Phi) is 6.04. The van der Waals surface area contributed by atoms with Gasteiger partial charge in [0.15, 0.2) is 0 Å². The lowest BCUT2D eigenvalue weighted by Gasteiger charge is -2.15. The Bertz CT molecular complexity index is 755. The molecule has 10 heteroatoms. The second kappa shape index (κ2) is 7.72. The van der Waals surface area contributed by atoms with E-state index in [1.807, 2.05) is 5.32 Å². The molecule has 0 bridgehead atoms. The lowest BCUT2D eigenvalue weighted by atomic mass is 10.1. The van der Waals surface area contributed by atoms with Gasteiger partial charge in [-0.1, -0.05) is 34.7 Å². The number of hydrogen-bond donors (Lipinski definition) is 2. The van der Waals surface area contributed by atoms with Crippen LogP contribution in [0.5, 0.6) is 0 Å². The molecule has 3 nitrogen and oxygen atoms in total. The molecule has 0 saturated heterocycles. The largest absolute Gasteiger partial charge is 0.416 e. The average Bonchev–Trinajstić information content (AvgIpc) is 2.53. The van der Waals surface area contributed by atoms with Gasteiger partial charge in [-0.15, -0.1) is 0 Å². The Morgan fingerprint density at radius 1 is 0.808 bits per heavy atom. The first-order valence-electron chi connectivity index (χ1n) is 7.01. The van der Waals surface area contributed by atoms with Gasteiger partial charge in [0.1, 0.15) is 0 Å². The summed E-state index contributed by atoms with van der Waals surface area (Å²) in [4.78, 5) is 11.9. The van der Waals surface area contributed by atoms with Crippen molar-refractivity contribution in [3.8, 4) is 0 Å². The number of benzene rings is 2. The van der Waals surface area contributed by atoms with Crippen molar-refractivity contribution < 1.29 is 31.1 Å². The van der Waals surface area contributed by atoms with Crippen molar-refractivity contribution in [1.82, 2.24) is 0 Å². The van der Waals surface area contributed by atoms with Crippen LogP contribution in [0.15, 0.2) is 42.5 Å². The Balaban J connectivity index is 2.22. The van der Waals surface area contributed by atoms with E-state index in [0.29, 0.717) is 17.8 Å². The third-order valence-corrected chi connectivity index (χ3v) is 4.09. The number of halogens is 7. The minimum atomic E-state index is -4.98. The summed E-state index contributed by atoms with van der Waals surface area (Å²) in [6.07, 6.45) is -9.97. The molecular formula is C16H11F6IN2O. The highest BCUT2D eigenvalue weighted by atomic mass is 127. The molecule has 0 radical (unpaired) electrons. The fourth-order valence-corrected chi connectivity index (χ4v) is 2.51. The van der Waals surface area contributed by atoms with Crippen LogP contribution in [0.2, 0.25) is 0 Å². The van der Waals surface area contributed by atoms with Crippen molar-refractivity contribution in [2.24, 2.45) is 0 Å². The molecule has 0 saturated carbocycles. The summed E-state index contributed by atoms with van der Waals surface area (Å²) in [7, 11) is 0. The molecular weight excluding hydrogens is 477 g/mol. The number of carbonyl (C=O) groups is 1. The first kappa shape index (κ1) is 20.3. The van der Waals surface area contributed by atoms with Crippen LogP contribution in [-0.4, -0.2) is 6.03 Å². The van der Waals surface area contributed by atoms with Gasteiger partial charge >= 0.3 is 18.4 Å². The number of nitrogens with one attached hydrogen (secondary N) is 2. The molecule has 0 unspecified atom stereocenters. The van der Waals surface area contributed by atoms with Gasteiger partial charge in [-0.05, 0) is 35.9 Å². The maximum absolute atomic E-state index is 12.8. The zero-order valence-corrected chi connectivity index (χ0v) is 15.0. The van der Waals surface area contributed by atoms with Crippen molar-refractivity contribution in [1.29, 1.82) is 0 Å². The second-order valence-electron chi connectivity index (χ2n) is 5.20. The van der Waals surface area contributed by atoms with Crippen molar-refractivity contribution in [3.05, 3.63) is 59.2 Å². The first-order valence-corrected chi connectivity index (χ1v) is 8.54. The topological polar surface area (TPSA) is 41.1 Å². The Labute approximate surface area is 157 Å². The molecule has 0 fully saturated rings. The highest BCUT2D eigenvalue weighted by Gasteiger charge is 2.37. The summed E-state index contributed by atoms with van der Waals surface area (Å²) in [5.74, 6) is 0. The van der Waals surface area contributed by atoms with E-state index in [0.717, 1.165) is 9.99 Å². The summed E-state index contributed by atoms with van der Waals surface area (Å²) in [6, 6.07) is 6.51. The molecule has 0 aliphatic rings. The molecule has 2 amide bonds. The van der Waals surface area contributed by atoms with E-state index in [4.69, 9.17) is 0 Å². The molecule has 140 valence electrons. The second-order valence-corrected chi connectivity index (χ2v) is 5.97. The fourth-order valence-electron chi connectivity index (χ4n) is 2.00. The quantitative estimate of drug-likeness (QED) is 0.297. The van der Waals surface area contributed by atoms with Crippen LogP contribution < -0.4 is 10.6 Å². The zero-order chi connectivity index (χ0) is 19.5. The number of hydrogen-bond acceptors (Lipinski definition) is 1. The number of amides is 2. The number of rotatable bonds is 3. The molecule has 0 atom stereocenters.